The van der Waals surface area contributed by atoms with Gasteiger partial charge in [-0.05, 0) is 6.08 Å². The summed E-state index contributed by atoms with van der Waals surface area (Å²) in [5, 5.41) is 0. The van der Waals surface area contributed by atoms with E-state index < -0.39 is 26.6 Å². The summed E-state index contributed by atoms with van der Waals surface area (Å²) >= 11 is 0. The Balaban J connectivity index is 3.36. The first kappa shape index (κ1) is 12.9. The molecule has 5 nitrogen and oxygen atoms in total. The van der Waals surface area contributed by atoms with Gasteiger partial charge in [0.1, 0.15) is 5.92 Å². The summed E-state index contributed by atoms with van der Waals surface area (Å²) in [6.45, 7) is 1.50. The summed E-state index contributed by atoms with van der Waals surface area (Å²) in [6, 6.07) is 0. The van der Waals surface area contributed by atoms with Crippen molar-refractivity contribution in [3.05, 3.63) is 24.3 Å². The van der Waals surface area contributed by atoms with Gasteiger partial charge in [0.2, 0.25) is 10.8 Å². The molecule has 1 aliphatic rings. The minimum Gasteiger partial charge on any atom is -0.369 e. The first-order valence-corrected chi connectivity index (χ1v) is 6.49. The van der Waals surface area contributed by atoms with Crippen molar-refractivity contribution in [3.8, 4) is 0 Å². The Labute approximate surface area is 94.9 Å². The molecule has 0 bridgehead atoms. The van der Waals surface area contributed by atoms with Gasteiger partial charge in [0.25, 0.3) is 0 Å². The average Bonchev–Trinajstić information content (AvgIpc) is 2.28. The number of amides is 1. The van der Waals surface area contributed by atoms with E-state index in [0.29, 0.717) is 0 Å². The van der Waals surface area contributed by atoms with E-state index in [1.165, 1.54) is 32.3 Å². The van der Waals surface area contributed by atoms with Crippen LogP contribution in [0.1, 0.15) is 6.92 Å². The minimum atomic E-state index is -3.59. The van der Waals surface area contributed by atoms with Gasteiger partial charge in [0.05, 0.1) is 5.75 Å². The number of hydrogen-bond acceptors (Lipinski definition) is 4. The molecular weight excluding hydrogens is 230 g/mol. The number of nitrogens with two attached hydrogens (primary N) is 1. The Morgan fingerprint density at radius 2 is 2.12 bits per heavy atom. The van der Waals surface area contributed by atoms with Crippen LogP contribution in [0.4, 0.5) is 0 Å². The second kappa shape index (κ2) is 4.39. The summed E-state index contributed by atoms with van der Waals surface area (Å²) in [6.07, 6.45) is 5.92. The molecule has 0 aromatic rings. The molecule has 1 rings (SSSR count). The van der Waals surface area contributed by atoms with E-state index in [9.17, 15) is 13.2 Å². The fourth-order valence-electron chi connectivity index (χ4n) is 1.74. The average molecular weight is 245 g/mol. The van der Waals surface area contributed by atoms with Gasteiger partial charge in [-0.2, -0.15) is 0 Å². The van der Waals surface area contributed by atoms with Gasteiger partial charge in [0, 0.05) is 7.11 Å². The number of carbonyl (C=O) groups excluding carboxylic acids is 1. The van der Waals surface area contributed by atoms with Crippen LogP contribution in [0.3, 0.4) is 0 Å². The summed E-state index contributed by atoms with van der Waals surface area (Å²) < 4.78 is 29.1. The van der Waals surface area contributed by atoms with E-state index in [0.717, 1.165) is 0 Å². The maximum absolute atomic E-state index is 12.0. The molecule has 2 atom stereocenters. The second-order valence-electron chi connectivity index (χ2n) is 3.45. The second-order valence-corrected chi connectivity index (χ2v) is 5.90. The van der Waals surface area contributed by atoms with Crippen molar-refractivity contribution < 1.29 is 17.9 Å². The third-order valence-corrected chi connectivity index (χ3v) is 4.96. The molecule has 0 fully saturated rings. The number of hydrogen-bond donors (Lipinski definition) is 1. The molecule has 0 aromatic carbocycles. The highest BCUT2D eigenvalue weighted by molar-refractivity contribution is 7.92. The van der Waals surface area contributed by atoms with Crippen LogP contribution in [0.5, 0.6) is 0 Å². The molecule has 0 radical (unpaired) electrons. The summed E-state index contributed by atoms with van der Waals surface area (Å²) in [5.41, 5.74) is 5.20. The quantitative estimate of drug-likeness (QED) is 0.754. The Bertz CT molecular complexity index is 438. The van der Waals surface area contributed by atoms with Crippen molar-refractivity contribution in [1.82, 2.24) is 0 Å². The highest BCUT2D eigenvalue weighted by Gasteiger charge is 2.50. The third-order valence-electron chi connectivity index (χ3n) is 2.67. The molecule has 0 aliphatic heterocycles. The van der Waals surface area contributed by atoms with Gasteiger partial charge in [-0.15, -0.1) is 0 Å². The van der Waals surface area contributed by atoms with Crippen LogP contribution in [0.25, 0.3) is 0 Å². The van der Waals surface area contributed by atoms with E-state index in [-0.39, 0.29) is 5.75 Å². The lowest BCUT2D eigenvalue weighted by Crippen LogP contribution is -2.51. The summed E-state index contributed by atoms with van der Waals surface area (Å²) in [4.78, 5) is 9.62. The first-order chi connectivity index (χ1) is 7.41. The van der Waals surface area contributed by atoms with Gasteiger partial charge in [0.15, 0.2) is 9.84 Å². The summed E-state index contributed by atoms with van der Waals surface area (Å²) in [7, 11) is -2.33. The molecule has 16 heavy (non-hydrogen) atoms. The Morgan fingerprint density at radius 1 is 1.50 bits per heavy atom. The zero-order chi connectivity index (χ0) is 12.4. The first-order valence-electron chi connectivity index (χ1n) is 4.84. The van der Waals surface area contributed by atoms with Gasteiger partial charge in [-0.25, -0.2) is 8.42 Å². The minimum absolute atomic E-state index is 0.122. The van der Waals surface area contributed by atoms with Gasteiger partial charge < -0.3 is 10.5 Å². The largest absolute Gasteiger partial charge is 0.369 e. The monoisotopic (exact) mass is 245 g/mol. The molecule has 0 saturated carbocycles. The highest BCUT2D eigenvalue weighted by atomic mass is 32.2. The van der Waals surface area contributed by atoms with E-state index >= 15 is 0 Å². The van der Waals surface area contributed by atoms with Crippen molar-refractivity contribution in [3.63, 3.8) is 0 Å². The zero-order valence-corrected chi connectivity index (χ0v) is 10.0. The van der Waals surface area contributed by atoms with Crippen molar-refractivity contribution in [2.24, 2.45) is 11.7 Å². The van der Waals surface area contributed by atoms with Crippen molar-refractivity contribution in [2.45, 2.75) is 11.9 Å². The van der Waals surface area contributed by atoms with Gasteiger partial charge >= 0.3 is 0 Å². The number of sulfone groups is 1. The van der Waals surface area contributed by atoms with Crippen LogP contribution in [0.2, 0.25) is 0 Å². The maximum Gasteiger partial charge on any atom is 0.228 e. The zero-order valence-electron chi connectivity index (χ0n) is 9.21. The number of rotatable bonds is 4. The molecule has 0 aromatic heterocycles. The van der Waals surface area contributed by atoms with Crippen LogP contribution >= 0.6 is 0 Å². The third kappa shape index (κ3) is 1.78. The van der Waals surface area contributed by atoms with Crippen LogP contribution < -0.4 is 5.73 Å². The predicted octanol–water partition coefficient (Wildman–Crippen LogP) is -0.00870. The molecule has 1 aliphatic carbocycles. The molecular formula is C10H15NO4S. The topological polar surface area (TPSA) is 86.5 Å². The number of primary amides is 1. The SMILES string of the molecule is CCS(=O)(=O)C1(OC)C=CC=CC1C(N)=O. The van der Waals surface area contributed by atoms with E-state index in [4.69, 9.17) is 10.5 Å². The Kier molecular flexibility index (Phi) is 3.54. The number of allylic oxidation sites excluding steroid dienone is 2. The summed E-state index contributed by atoms with van der Waals surface area (Å²) in [5.74, 6) is -1.84. The fourth-order valence-corrected chi connectivity index (χ4v) is 3.31. The molecule has 0 spiro atoms. The van der Waals surface area contributed by atoms with E-state index in [2.05, 4.69) is 0 Å². The van der Waals surface area contributed by atoms with Crippen LogP contribution in [0.15, 0.2) is 24.3 Å². The van der Waals surface area contributed by atoms with Crippen molar-refractivity contribution in [2.75, 3.05) is 12.9 Å². The van der Waals surface area contributed by atoms with Gasteiger partial charge in [-0.3, -0.25) is 4.79 Å². The molecule has 90 valence electrons. The lowest BCUT2D eigenvalue weighted by Gasteiger charge is -2.34. The van der Waals surface area contributed by atoms with Crippen LogP contribution in [-0.2, 0) is 19.4 Å². The number of ether oxygens (including phenoxy) is 1. The smallest absolute Gasteiger partial charge is 0.228 e. The Hall–Kier alpha value is -1.14. The number of carbonyl (C=O) groups is 1. The molecule has 1 amide bonds. The highest BCUT2D eigenvalue weighted by Crippen LogP contribution is 2.34. The Morgan fingerprint density at radius 3 is 2.56 bits per heavy atom. The fraction of sp³-hybridized carbons (Fsp3) is 0.500. The van der Waals surface area contributed by atoms with Crippen LogP contribution in [0, 0.1) is 5.92 Å². The molecule has 2 unspecified atom stereocenters. The van der Waals surface area contributed by atoms with Crippen molar-refractivity contribution in [1.29, 1.82) is 0 Å². The normalized spacial score (nSPS) is 29.2. The lowest BCUT2D eigenvalue weighted by atomic mass is 9.96. The molecule has 0 heterocycles. The van der Waals surface area contributed by atoms with E-state index in [1.54, 1.807) is 6.08 Å². The standard InChI is InChI=1S/C10H15NO4S/c1-3-16(13,14)10(15-2)7-5-4-6-8(10)9(11)12/h4-8H,3H2,1-2H3,(H2,11,12). The molecule has 6 heteroatoms. The molecule has 0 saturated heterocycles. The predicted molar refractivity (Wildman–Crippen MR) is 60.2 cm³/mol. The molecule has 2 N–H and O–H groups in total. The van der Waals surface area contributed by atoms with Crippen molar-refractivity contribution >= 4 is 15.7 Å². The number of methoxy groups -OCH3 is 1. The van der Waals surface area contributed by atoms with Gasteiger partial charge in [-0.1, -0.05) is 25.2 Å². The van der Waals surface area contributed by atoms with Crippen LogP contribution in [-0.4, -0.2) is 32.1 Å². The van der Waals surface area contributed by atoms with E-state index in [1.807, 2.05) is 0 Å². The lowest BCUT2D eigenvalue weighted by molar-refractivity contribution is -0.124. The maximum atomic E-state index is 12.0.